The first-order valence-electron chi connectivity index (χ1n) is 7.25. The lowest BCUT2D eigenvalue weighted by molar-refractivity contribution is 0.00630. The summed E-state index contributed by atoms with van der Waals surface area (Å²) >= 11 is 0. The van der Waals surface area contributed by atoms with Crippen molar-refractivity contribution in [2.75, 3.05) is 13.2 Å². The molecule has 1 unspecified atom stereocenters. The molecule has 114 valence electrons. The molecular weight excluding hydrogens is 266 g/mol. The fourth-order valence-corrected chi connectivity index (χ4v) is 2.03. The third kappa shape index (κ3) is 4.97. The molecule has 0 aliphatic heterocycles. The Labute approximate surface area is 125 Å². The Kier molecular flexibility index (Phi) is 5.92. The molecule has 1 aromatic carbocycles. The third-order valence-corrected chi connectivity index (χ3v) is 3.06. The molecule has 2 rings (SSSR count). The summed E-state index contributed by atoms with van der Waals surface area (Å²) in [4.78, 5) is 0. The van der Waals surface area contributed by atoms with Crippen LogP contribution in [0.25, 0.3) is 5.69 Å². The van der Waals surface area contributed by atoms with Crippen LogP contribution >= 0.6 is 0 Å². The first-order valence-corrected chi connectivity index (χ1v) is 7.25. The van der Waals surface area contributed by atoms with Gasteiger partial charge < -0.3 is 15.2 Å². The molecule has 5 heteroatoms. The van der Waals surface area contributed by atoms with Gasteiger partial charge in [-0.2, -0.15) is 5.10 Å². The predicted molar refractivity (Wildman–Crippen MR) is 82.4 cm³/mol. The van der Waals surface area contributed by atoms with Gasteiger partial charge in [-0.25, -0.2) is 4.68 Å². The van der Waals surface area contributed by atoms with E-state index in [4.69, 9.17) is 4.74 Å². The topological polar surface area (TPSA) is 59.3 Å². The van der Waals surface area contributed by atoms with E-state index in [1.54, 1.807) is 6.20 Å². The van der Waals surface area contributed by atoms with Gasteiger partial charge in [-0.15, -0.1) is 0 Å². The van der Waals surface area contributed by atoms with E-state index in [9.17, 15) is 5.11 Å². The van der Waals surface area contributed by atoms with E-state index >= 15 is 0 Å². The Bertz CT molecular complexity index is 526. The van der Waals surface area contributed by atoms with Crippen LogP contribution in [0.3, 0.4) is 0 Å². The lowest BCUT2D eigenvalue weighted by atomic mass is 10.1. The van der Waals surface area contributed by atoms with E-state index in [1.807, 2.05) is 49.0 Å². The second kappa shape index (κ2) is 7.93. The molecule has 0 bridgehead atoms. The van der Waals surface area contributed by atoms with Crippen molar-refractivity contribution in [2.45, 2.75) is 32.6 Å². The van der Waals surface area contributed by atoms with Gasteiger partial charge in [-0.05, 0) is 31.5 Å². The highest BCUT2D eigenvalue weighted by Gasteiger charge is 2.07. The Balaban J connectivity index is 1.86. The molecule has 1 atom stereocenters. The highest BCUT2D eigenvalue weighted by Crippen LogP contribution is 2.12. The zero-order valence-electron chi connectivity index (χ0n) is 12.6. The Morgan fingerprint density at radius 2 is 2.10 bits per heavy atom. The van der Waals surface area contributed by atoms with Gasteiger partial charge in [0.05, 0.1) is 24.5 Å². The van der Waals surface area contributed by atoms with Crippen molar-refractivity contribution in [3.8, 4) is 5.69 Å². The quantitative estimate of drug-likeness (QED) is 0.777. The van der Waals surface area contributed by atoms with E-state index in [0.29, 0.717) is 19.7 Å². The predicted octanol–water partition coefficient (Wildman–Crippen LogP) is 1.75. The molecule has 0 radical (unpaired) electrons. The second-order valence-corrected chi connectivity index (χ2v) is 5.25. The fraction of sp³-hybridized carbons (Fsp3) is 0.438. The van der Waals surface area contributed by atoms with Crippen molar-refractivity contribution < 1.29 is 9.84 Å². The fourth-order valence-electron chi connectivity index (χ4n) is 2.03. The molecule has 1 aromatic heterocycles. The highest BCUT2D eigenvalue weighted by atomic mass is 16.5. The van der Waals surface area contributed by atoms with Gasteiger partial charge in [0.2, 0.25) is 0 Å². The van der Waals surface area contributed by atoms with Gasteiger partial charge in [0, 0.05) is 25.5 Å². The summed E-state index contributed by atoms with van der Waals surface area (Å²) in [6.45, 7) is 5.45. The summed E-state index contributed by atoms with van der Waals surface area (Å²) < 4.78 is 7.23. The van der Waals surface area contributed by atoms with Crippen LogP contribution in [0.2, 0.25) is 0 Å². The zero-order valence-corrected chi connectivity index (χ0v) is 12.6. The van der Waals surface area contributed by atoms with Crippen LogP contribution in [-0.2, 0) is 11.3 Å². The van der Waals surface area contributed by atoms with E-state index in [1.165, 1.54) is 0 Å². The van der Waals surface area contributed by atoms with E-state index in [-0.39, 0.29) is 6.10 Å². The smallest absolute Gasteiger partial charge is 0.0897 e. The number of para-hydroxylation sites is 1. The molecule has 21 heavy (non-hydrogen) atoms. The SMILES string of the molecule is CC(C)OCC(O)CNCc1ccccc1-n1cccn1. The van der Waals surface area contributed by atoms with E-state index < -0.39 is 6.10 Å². The number of nitrogens with zero attached hydrogens (tertiary/aromatic N) is 2. The summed E-state index contributed by atoms with van der Waals surface area (Å²) in [5.74, 6) is 0. The van der Waals surface area contributed by atoms with Crippen LogP contribution < -0.4 is 5.32 Å². The van der Waals surface area contributed by atoms with Crippen LogP contribution in [-0.4, -0.2) is 40.2 Å². The molecule has 0 saturated carbocycles. The normalized spacial score (nSPS) is 12.8. The number of nitrogens with one attached hydrogen (secondary N) is 1. The van der Waals surface area contributed by atoms with Crippen LogP contribution in [0.1, 0.15) is 19.4 Å². The van der Waals surface area contributed by atoms with Crippen molar-refractivity contribution in [3.05, 3.63) is 48.3 Å². The van der Waals surface area contributed by atoms with Gasteiger partial charge in [0.15, 0.2) is 0 Å². The van der Waals surface area contributed by atoms with Crippen molar-refractivity contribution in [1.82, 2.24) is 15.1 Å². The highest BCUT2D eigenvalue weighted by molar-refractivity contribution is 5.40. The molecule has 0 fully saturated rings. The maximum Gasteiger partial charge on any atom is 0.0897 e. The molecule has 0 aliphatic carbocycles. The first-order chi connectivity index (χ1) is 10.2. The number of aromatic nitrogens is 2. The van der Waals surface area contributed by atoms with Crippen molar-refractivity contribution >= 4 is 0 Å². The second-order valence-electron chi connectivity index (χ2n) is 5.25. The number of hydrogen-bond acceptors (Lipinski definition) is 4. The maximum atomic E-state index is 9.82. The van der Waals surface area contributed by atoms with Gasteiger partial charge in [-0.1, -0.05) is 18.2 Å². The number of aliphatic hydroxyl groups excluding tert-OH is 1. The summed E-state index contributed by atoms with van der Waals surface area (Å²) in [7, 11) is 0. The molecular formula is C16H23N3O2. The van der Waals surface area contributed by atoms with Crippen LogP contribution in [0.15, 0.2) is 42.7 Å². The van der Waals surface area contributed by atoms with Gasteiger partial charge in [-0.3, -0.25) is 0 Å². The lowest BCUT2D eigenvalue weighted by Gasteiger charge is -2.15. The minimum Gasteiger partial charge on any atom is -0.389 e. The molecule has 2 N–H and O–H groups in total. The Morgan fingerprint density at radius 3 is 2.81 bits per heavy atom. The molecule has 2 aromatic rings. The molecule has 0 saturated heterocycles. The lowest BCUT2D eigenvalue weighted by Crippen LogP contribution is -2.31. The molecule has 0 spiro atoms. The minimum atomic E-state index is -0.496. The van der Waals surface area contributed by atoms with Crippen molar-refractivity contribution in [1.29, 1.82) is 0 Å². The van der Waals surface area contributed by atoms with Crippen molar-refractivity contribution in [3.63, 3.8) is 0 Å². The van der Waals surface area contributed by atoms with Crippen molar-refractivity contribution in [2.24, 2.45) is 0 Å². The summed E-state index contributed by atoms with van der Waals surface area (Å²) in [5, 5.41) is 17.3. The average molecular weight is 289 g/mol. The largest absolute Gasteiger partial charge is 0.389 e. The molecule has 0 aliphatic rings. The van der Waals surface area contributed by atoms with E-state index in [0.717, 1.165) is 11.3 Å². The third-order valence-electron chi connectivity index (χ3n) is 3.06. The average Bonchev–Trinajstić information content (AvgIpc) is 3.00. The summed E-state index contributed by atoms with van der Waals surface area (Å²) in [5.41, 5.74) is 2.18. The van der Waals surface area contributed by atoms with Crippen LogP contribution in [0.5, 0.6) is 0 Å². The van der Waals surface area contributed by atoms with E-state index in [2.05, 4.69) is 16.5 Å². The number of aliphatic hydroxyl groups is 1. The monoisotopic (exact) mass is 289 g/mol. The number of ether oxygens (including phenoxy) is 1. The Morgan fingerprint density at radius 1 is 1.29 bits per heavy atom. The van der Waals surface area contributed by atoms with Gasteiger partial charge in [0.1, 0.15) is 0 Å². The first kappa shape index (κ1) is 15.7. The maximum absolute atomic E-state index is 9.82. The Hall–Kier alpha value is -1.69. The standard InChI is InChI=1S/C16H23N3O2/c1-13(2)21-12-15(20)11-17-10-14-6-3-4-7-16(14)19-9-5-8-18-19/h3-9,13,15,17,20H,10-12H2,1-2H3. The molecule has 5 nitrogen and oxygen atoms in total. The van der Waals surface area contributed by atoms with Crippen LogP contribution in [0, 0.1) is 0 Å². The summed E-state index contributed by atoms with van der Waals surface area (Å²) in [6.07, 6.45) is 3.32. The number of benzene rings is 1. The number of rotatable bonds is 8. The summed E-state index contributed by atoms with van der Waals surface area (Å²) in [6, 6.07) is 9.98. The van der Waals surface area contributed by atoms with Gasteiger partial charge in [0.25, 0.3) is 0 Å². The molecule has 1 heterocycles. The molecule has 0 amide bonds. The minimum absolute atomic E-state index is 0.139. The number of hydrogen-bond donors (Lipinski definition) is 2. The van der Waals surface area contributed by atoms with Gasteiger partial charge >= 0.3 is 0 Å². The van der Waals surface area contributed by atoms with Crippen LogP contribution in [0.4, 0.5) is 0 Å². The zero-order chi connectivity index (χ0) is 15.1.